The summed E-state index contributed by atoms with van der Waals surface area (Å²) in [5.74, 6) is -0.0647. The molecule has 5 nitrogen and oxygen atoms in total. The second-order valence-corrected chi connectivity index (χ2v) is 5.60. The third kappa shape index (κ3) is 2.64. The van der Waals surface area contributed by atoms with Gasteiger partial charge in [0, 0.05) is 0 Å². The molecule has 6 heteroatoms. The van der Waals surface area contributed by atoms with Gasteiger partial charge >= 0.3 is 5.69 Å². The summed E-state index contributed by atoms with van der Waals surface area (Å²) in [6.45, 7) is 3.67. The number of hydrogen-bond donors (Lipinski definition) is 3. The Balaban J connectivity index is 2.24. The molecule has 3 N–H and O–H groups in total. The zero-order valence-electron chi connectivity index (χ0n) is 10.1. The number of carbonyl (C=O) groups is 1. The van der Waals surface area contributed by atoms with Gasteiger partial charge in [0.1, 0.15) is 0 Å². The smallest absolute Gasteiger partial charge is 0.323 e. The molecule has 0 aliphatic carbocycles. The van der Waals surface area contributed by atoms with Crippen LogP contribution in [0.1, 0.15) is 25.5 Å². The van der Waals surface area contributed by atoms with Crippen molar-refractivity contribution in [3.05, 3.63) is 34.2 Å². The average Bonchev–Trinajstić information content (AvgIpc) is 2.67. The highest BCUT2D eigenvalue weighted by atomic mass is 79.9. The predicted molar refractivity (Wildman–Crippen MR) is 73.9 cm³/mol. The molecule has 0 aliphatic rings. The fourth-order valence-corrected chi connectivity index (χ4v) is 1.86. The van der Waals surface area contributed by atoms with Crippen molar-refractivity contribution in [1.29, 1.82) is 0 Å². The molecule has 2 aromatic rings. The number of alkyl halides is 1. The molecule has 0 saturated heterocycles. The van der Waals surface area contributed by atoms with Crippen LogP contribution in [-0.4, -0.2) is 20.7 Å². The Morgan fingerprint density at radius 2 is 1.94 bits per heavy atom. The van der Waals surface area contributed by atoms with Gasteiger partial charge in [0.2, 0.25) is 5.91 Å². The van der Waals surface area contributed by atoms with E-state index in [9.17, 15) is 9.59 Å². The van der Waals surface area contributed by atoms with Gasteiger partial charge in [-0.1, -0.05) is 22.0 Å². The summed E-state index contributed by atoms with van der Waals surface area (Å²) >= 11 is 3.22. The lowest BCUT2D eigenvalue weighted by Crippen LogP contribution is -2.31. The summed E-state index contributed by atoms with van der Waals surface area (Å²) in [5, 5.41) is 2.88. The number of carbonyl (C=O) groups excluding carboxylic acids is 1. The maximum atomic E-state index is 11.6. The molecule has 0 aliphatic heterocycles. The van der Waals surface area contributed by atoms with Crippen molar-refractivity contribution in [2.24, 2.45) is 0 Å². The fraction of sp³-hybridized carbons (Fsp3) is 0.333. The number of halogens is 1. The zero-order valence-corrected chi connectivity index (χ0v) is 11.7. The van der Waals surface area contributed by atoms with Crippen molar-refractivity contribution in [3.8, 4) is 0 Å². The molecule has 2 atom stereocenters. The van der Waals surface area contributed by atoms with Crippen LogP contribution >= 0.6 is 15.9 Å². The van der Waals surface area contributed by atoms with Gasteiger partial charge < -0.3 is 15.3 Å². The standard InChI is InChI=1S/C12H14BrN3O2/c1-6(13)11(17)14-7(2)8-3-4-9-10(5-8)16-12(18)15-9/h3-7H,1-2H3,(H,14,17)(H2,15,16,18). The van der Waals surface area contributed by atoms with E-state index in [1.807, 2.05) is 25.1 Å². The van der Waals surface area contributed by atoms with Crippen LogP contribution in [0, 0.1) is 0 Å². The van der Waals surface area contributed by atoms with Gasteiger partial charge in [-0.15, -0.1) is 0 Å². The van der Waals surface area contributed by atoms with E-state index in [4.69, 9.17) is 0 Å². The van der Waals surface area contributed by atoms with Crippen LogP contribution in [0.4, 0.5) is 0 Å². The number of amides is 1. The first-order valence-corrected chi connectivity index (χ1v) is 6.55. The van der Waals surface area contributed by atoms with Crippen LogP contribution in [0.25, 0.3) is 11.0 Å². The first kappa shape index (κ1) is 12.9. The normalized spacial score (nSPS) is 14.4. The Morgan fingerprint density at radius 1 is 1.28 bits per heavy atom. The summed E-state index contributed by atoms with van der Waals surface area (Å²) in [7, 11) is 0. The van der Waals surface area contributed by atoms with Crippen LogP contribution in [0.5, 0.6) is 0 Å². The van der Waals surface area contributed by atoms with Crippen LogP contribution < -0.4 is 11.0 Å². The van der Waals surface area contributed by atoms with Crippen molar-refractivity contribution >= 4 is 32.9 Å². The predicted octanol–water partition coefficient (Wildman–Crippen LogP) is 1.82. The van der Waals surface area contributed by atoms with Gasteiger partial charge in [0.05, 0.1) is 21.9 Å². The molecule has 1 amide bonds. The first-order chi connectivity index (χ1) is 8.47. The van der Waals surface area contributed by atoms with Crippen molar-refractivity contribution in [1.82, 2.24) is 15.3 Å². The Kier molecular flexibility index (Phi) is 3.56. The van der Waals surface area contributed by atoms with E-state index >= 15 is 0 Å². The van der Waals surface area contributed by atoms with Gasteiger partial charge in [0.25, 0.3) is 0 Å². The maximum absolute atomic E-state index is 11.6. The largest absolute Gasteiger partial charge is 0.349 e. The quantitative estimate of drug-likeness (QED) is 0.756. The van der Waals surface area contributed by atoms with Crippen molar-refractivity contribution in [2.75, 3.05) is 0 Å². The molecule has 0 saturated carbocycles. The molecule has 1 heterocycles. The lowest BCUT2D eigenvalue weighted by Gasteiger charge is -2.15. The molecule has 96 valence electrons. The summed E-state index contributed by atoms with van der Waals surface area (Å²) in [6, 6.07) is 5.45. The number of aromatic nitrogens is 2. The van der Waals surface area contributed by atoms with E-state index in [0.717, 1.165) is 16.6 Å². The average molecular weight is 312 g/mol. The van der Waals surface area contributed by atoms with E-state index in [-0.39, 0.29) is 22.5 Å². The number of hydrogen-bond acceptors (Lipinski definition) is 2. The maximum Gasteiger partial charge on any atom is 0.323 e. The second-order valence-electron chi connectivity index (χ2n) is 4.23. The second kappa shape index (κ2) is 4.97. The van der Waals surface area contributed by atoms with Crippen LogP contribution in [0.3, 0.4) is 0 Å². The number of benzene rings is 1. The highest BCUT2D eigenvalue weighted by Crippen LogP contribution is 2.17. The SMILES string of the molecule is CC(Br)C(=O)NC(C)c1ccc2[nH]c(=O)[nH]c2c1. The molecule has 0 radical (unpaired) electrons. The molecule has 2 rings (SSSR count). The lowest BCUT2D eigenvalue weighted by atomic mass is 10.1. The van der Waals surface area contributed by atoms with E-state index in [0.29, 0.717) is 0 Å². The van der Waals surface area contributed by atoms with Gasteiger partial charge in [-0.25, -0.2) is 4.79 Å². The molecule has 2 unspecified atom stereocenters. The molecule has 1 aromatic heterocycles. The molecule has 18 heavy (non-hydrogen) atoms. The number of aromatic amines is 2. The first-order valence-electron chi connectivity index (χ1n) is 5.64. The van der Waals surface area contributed by atoms with Crippen LogP contribution in [0.15, 0.2) is 23.0 Å². The number of H-pyrrole nitrogens is 2. The molecule has 0 spiro atoms. The molecular formula is C12H14BrN3O2. The van der Waals surface area contributed by atoms with E-state index in [2.05, 4.69) is 31.2 Å². The van der Waals surface area contributed by atoms with Crippen LogP contribution in [0.2, 0.25) is 0 Å². The van der Waals surface area contributed by atoms with Crippen LogP contribution in [-0.2, 0) is 4.79 Å². The van der Waals surface area contributed by atoms with Gasteiger partial charge in [-0.05, 0) is 31.5 Å². The summed E-state index contributed by atoms with van der Waals surface area (Å²) in [4.78, 5) is 27.9. The number of rotatable bonds is 3. The lowest BCUT2D eigenvalue weighted by molar-refractivity contribution is -0.120. The summed E-state index contributed by atoms with van der Waals surface area (Å²) < 4.78 is 0. The highest BCUT2D eigenvalue weighted by molar-refractivity contribution is 9.10. The third-order valence-corrected chi connectivity index (χ3v) is 3.18. The Hall–Kier alpha value is -1.56. The summed E-state index contributed by atoms with van der Waals surface area (Å²) in [5.41, 5.74) is 2.22. The minimum Gasteiger partial charge on any atom is -0.349 e. The Bertz CT molecular complexity index is 630. The summed E-state index contributed by atoms with van der Waals surface area (Å²) in [6.07, 6.45) is 0. The minimum absolute atomic E-state index is 0.0647. The Morgan fingerprint density at radius 3 is 2.61 bits per heavy atom. The number of fused-ring (bicyclic) bond motifs is 1. The fourth-order valence-electron chi connectivity index (χ4n) is 1.73. The minimum atomic E-state index is -0.229. The van der Waals surface area contributed by atoms with Gasteiger partial charge in [-0.3, -0.25) is 4.79 Å². The van der Waals surface area contributed by atoms with Gasteiger partial charge in [-0.2, -0.15) is 0 Å². The Labute approximate surface area is 112 Å². The van der Waals surface area contributed by atoms with Crippen molar-refractivity contribution in [2.45, 2.75) is 24.7 Å². The third-order valence-electron chi connectivity index (χ3n) is 2.76. The topological polar surface area (TPSA) is 77.8 Å². The molecule has 0 fully saturated rings. The van der Waals surface area contributed by atoms with Crippen molar-refractivity contribution in [3.63, 3.8) is 0 Å². The van der Waals surface area contributed by atoms with E-state index < -0.39 is 0 Å². The van der Waals surface area contributed by atoms with Gasteiger partial charge in [0.15, 0.2) is 0 Å². The monoisotopic (exact) mass is 311 g/mol. The zero-order chi connectivity index (χ0) is 13.3. The van der Waals surface area contributed by atoms with E-state index in [1.165, 1.54) is 0 Å². The molecule has 0 bridgehead atoms. The van der Waals surface area contributed by atoms with E-state index in [1.54, 1.807) is 6.92 Å². The molecule has 1 aromatic carbocycles. The molecular weight excluding hydrogens is 298 g/mol. The number of imidazole rings is 1. The highest BCUT2D eigenvalue weighted by Gasteiger charge is 2.13. The van der Waals surface area contributed by atoms with Crippen molar-refractivity contribution < 1.29 is 4.79 Å². The number of nitrogens with one attached hydrogen (secondary N) is 3.